The van der Waals surface area contributed by atoms with Crippen molar-refractivity contribution < 1.29 is 80.2 Å². The maximum Gasteiger partial charge on any atom is 0.472 e. The number of ether oxygens (including phenoxy) is 4. The molecule has 536 valence electrons. The number of hydrogen-bond acceptors (Lipinski definition) is 15. The lowest BCUT2D eigenvalue weighted by Crippen LogP contribution is -2.30. The molecule has 19 heteroatoms. The minimum absolute atomic E-state index is 0.0847. The fourth-order valence-corrected chi connectivity index (χ4v) is 12.0. The summed E-state index contributed by atoms with van der Waals surface area (Å²) in [5.41, 5.74) is 0. The van der Waals surface area contributed by atoms with Crippen molar-refractivity contribution in [3.63, 3.8) is 0 Å². The average molecular weight is 1340 g/mol. The predicted molar refractivity (Wildman–Crippen MR) is 367 cm³/mol. The number of esters is 4. The standard InChI is InChI=1S/C72H136O17P2/c1-7-9-11-13-15-17-19-21-22-23-25-31-39-45-51-57-72(77)88-67(60-82-69(74)54-48-42-36-29-27-26-28-34-40-46-52-64(3)4)62-86-90(78,79)84-58-66(73)59-85-91(80,81)87-63-68(61-83-70(75)55-49-43-37-33-32-35-41-47-53-65(5)6)89-71(76)56-50-44-38-30-24-20-18-16-14-12-10-8-2/h17,19,21-22,64-68,73H,7-16,18,20,23-63H2,1-6H3,(H,78,79)(H,80,81)/b19-17-,22-21-/t66-,67-,68-/m1/s1. The van der Waals surface area contributed by atoms with Gasteiger partial charge in [0.05, 0.1) is 26.4 Å². The van der Waals surface area contributed by atoms with Gasteiger partial charge in [0.2, 0.25) is 0 Å². The van der Waals surface area contributed by atoms with E-state index in [2.05, 4.69) is 65.8 Å². The molecule has 2 unspecified atom stereocenters. The van der Waals surface area contributed by atoms with Crippen molar-refractivity contribution in [1.82, 2.24) is 0 Å². The molecule has 0 saturated carbocycles. The van der Waals surface area contributed by atoms with Gasteiger partial charge in [0.25, 0.3) is 0 Å². The molecule has 0 amide bonds. The fraction of sp³-hybridized carbons (Fsp3) is 0.889. The van der Waals surface area contributed by atoms with E-state index < -0.39 is 97.5 Å². The molecule has 91 heavy (non-hydrogen) atoms. The highest BCUT2D eigenvalue weighted by Gasteiger charge is 2.30. The van der Waals surface area contributed by atoms with Crippen LogP contribution in [-0.4, -0.2) is 96.7 Å². The maximum atomic E-state index is 13.0. The highest BCUT2D eigenvalue weighted by atomic mass is 31.2. The first-order chi connectivity index (χ1) is 43.9. The maximum absolute atomic E-state index is 13.0. The van der Waals surface area contributed by atoms with Crippen LogP contribution in [0, 0.1) is 11.8 Å². The average Bonchev–Trinajstić information content (AvgIpc) is 3.46. The summed E-state index contributed by atoms with van der Waals surface area (Å²) in [6.07, 6.45) is 52.1. The molecule has 0 saturated heterocycles. The lowest BCUT2D eigenvalue weighted by atomic mass is 10.0. The molecular weight excluding hydrogens is 1200 g/mol. The van der Waals surface area contributed by atoms with E-state index in [1.54, 1.807) is 0 Å². The monoisotopic (exact) mass is 1330 g/mol. The third kappa shape index (κ3) is 66.0. The van der Waals surface area contributed by atoms with Crippen LogP contribution in [0.5, 0.6) is 0 Å². The molecule has 17 nitrogen and oxygen atoms in total. The SMILES string of the molecule is CCCCCC/C=C\C=C/CCCCCCCC(=O)O[C@H](COC(=O)CCCCCCCCCCCCC(C)C)COP(=O)(O)OC[C@@H](O)COP(=O)(O)OC[C@@H](COC(=O)CCCCCCCCCCC(C)C)OC(=O)CCCCCCCCCCCCCC. The molecule has 0 aliphatic carbocycles. The Hall–Kier alpha value is -2.46. The lowest BCUT2D eigenvalue weighted by Gasteiger charge is -2.21. The van der Waals surface area contributed by atoms with Gasteiger partial charge in [-0.25, -0.2) is 9.13 Å². The van der Waals surface area contributed by atoms with E-state index in [1.165, 1.54) is 148 Å². The zero-order chi connectivity index (χ0) is 67.2. The molecule has 0 aliphatic rings. The van der Waals surface area contributed by atoms with Gasteiger partial charge in [-0.15, -0.1) is 0 Å². The normalized spacial score (nSPS) is 14.3. The molecule has 0 aliphatic heterocycles. The number of phosphoric ester groups is 2. The predicted octanol–water partition coefficient (Wildman–Crippen LogP) is 20.3. The summed E-state index contributed by atoms with van der Waals surface area (Å²) in [6, 6.07) is 0. The number of hydrogen-bond donors (Lipinski definition) is 3. The minimum Gasteiger partial charge on any atom is -0.462 e. The van der Waals surface area contributed by atoms with Gasteiger partial charge in [-0.05, 0) is 63.2 Å². The second-order valence-corrected chi connectivity index (χ2v) is 29.2. The zero-order valence-corrected chi connectivity index (χ0v) is 60.4. The smallest absolute Gasteiger partial charge is 0.462 e. The Bertz CT molecular complexity index is 1860. The number of carbonyl (C=O) groups excluding carboxylic acids is 4. The van der Waals surface area contributed by atoms with Crippen LogP contribution in [0.4, 0.5) is 0 Å². The topological polar surface area (TPSA) is 237 Å². The molecule has 0 bridgehead atoms. The van der Waals surface area contributed by atoms with Crippen LogP contribution in [0.1, 0.15) is 343 Å². The van der Waals surface area contributed by atoms with Crippen molar-refractivity contribution in [3.05, 3.63) is 24.3 Å². The van der Waals surface area contributed by atoms with Crippen molar-refractivity contribution in [3.8, 4) is 0 Å². The molecular formula is C72H136O17P2. The first-order valence-electron chi connectivity index (χ1n) is 36.8. The van der Waals surface area contributed by atoms with Crippen LogP contribution in [-0.2, 0) is 65.4 Å². The zero-order valence-electron chi connectivity index (χ0n) is 58.6. The Morgan fingerprint density at radius 2 is 0.593 bits per heavy atom. The van der Waals surface area contributed by atoms with Gasteiger partial charge in [-0.1, -0.05) is 291 Å². The third-order valence-corrected chi connectivity index (χ3v) is 18.0. The van der Waals surface area contributed by atoms with Crippen LogP contribution in [0.25, 0.3) is 0 Å². The number of aliphatic hydroxyl groups excluding tert-OH is 1. The Labute approximate surface area is 554 Å². The van der Waals surface area contributed by atoms with Crippen molar-refractivity contribution in [2.24, 2.45) is 11.8 Å². The van der Waals surface area contributed by atoms with Crippen molar-refractivity contribution >= 4 is 39.5 Å². The molecule has 0 rings (SSSR count). The van der Waals surface area contributed by atoms with Gasteiger partial charge < -0.3 is 33.8 Å². The van der Waals surface area contributed by atoms with Gasteiger partial charge in [-0.2, -0.15) is 0 Å². The summed E-state index contributed by atoms with van der Waals surface area (Å²) >= 11 is 0. The van der Waals surface area contributed by atoms with Crippen LogP contribution >= 0.6 is 15.6 Å². The Morgan fingerprint density at radius 1 is 0.341 bits per heavy atom. The van der Waals surface area contributed by atoms with E-state index in [4.69, 9.17) is 37.0 Å². The molecule has 5 atom stereocenters. The quantitative estimate of drug-likeness (QED) is 0.0169. The summed E-state index contributed by atoms with van der Waals surface area (Å²) in [5.74, 6) is -0.671. The highest BCUT2D eigenvalue weighted by Crippen LogP contribution is 2.45. The Kier molecular flexibility index (Phi) is 61.9. The molecule has 0 aromatic carbocycles. The Morgan fingerprint density at radius 3 is 0.901 bits per heavy atom. The Balaban J connectivity index is 5.30. The summed E-state index contributed by atoms with van der Waals surface area (Å²) < 4.78 is 68.3. The molecule has 0 spiro atoms. The number of rotatable bonds is 69. The van der Waals surface area contributed by atoms with E-state index in [0.717, 1.165) is 115 Å². The van der Waals surface area contributed by atoms with E-state index in [-0.39, 0.29) is 25.7 Å². The van der Waals surface area contributed by atoms with Crippen LogP contribution in [0.15, 0.2) is 24.3 Å². The van der Waals surface area contributed by atoms with E-state index in [0.29, 0.717) is 25.7 Å². The summed E-state index contributed by atoms with van der Waals surface area (Å²) in [5, 5.41) is 10.6. The molecule has 0 aromatic heterocycles. The van der Waals surface area contributed by atoms with Gasteiger partial charge in [0.15, 0.2) is 12.2 Å². The molecule has 0 aromatic rings. The lowest BCUT2D eigenvalue weighted by molar-refractivity contribution is -0.161. The molecule has 0 radical (unpaired) electrons. The van der Waals surface area contributed by atoms with E-state index in [9.17, 15) is 43.2 Å². The summed E-state index contributed by atoms with van der Waals surface area (Å²) in [6.45, 7) is 9.45. The summed E-state index contributed by atoms with van der Waals surface area (Å²) in [4.78, 5) is 72.6. The second kappa shape index (κ2) is 63.6. The molecule has 3 N–H and O–H groups in total. The highest BCUT2D eigenvalue weighted by molar-refractivity contribution is 7.47. The van der Waals surface area contributed by atoms with Crippen molar-refractivity contribution in [1.29, 1.82) is 0 Å². The van der Waals surface area contributed by atoms with Crippen molar-refractivity contribution in [2.75, 3.05) is 39.6 Å². The van der Waals surface area contributed by atoms with Gasteiger partial charge >= 0.3 is 39.5 Å². The van der Waals surface area contributed by atoms with Gasteiger partial charge in [0.1, 0.15) is 19.3 Å². The van der Waals surface area contributed by atoms with Gasteiger partial charge in [0, 0.05) is 25.7 Å². The van der Waals surface area contributed by atoms with E-state index in [1.807, 2.05) is 0 Å². The number of unbranched alkanes of at least 4 members (excludes halogenated alkanes) is 36. The number of carbonyl (C=O) groups is 4. The summed E-state index contributed by atoms with van der Waals surface area (Å²) in [7, 11) is -9.92. The van der Waals surface area contributed by atoms with Crippen LogP contribution in [0.2, 0.25) is 0 Å². The van der Waals surface area contributed by atoms with Crippen LogP contribution < -0.4 is 0 Å². The largest absolute Gasteiger partial charge is 0.472 e. The first kappa shape index (κ1) is 88.5. The van der Waals surface area contributed by atoms with Gasteiger partial charge in [-0.3, -0.25) is 37.3 Å². The van der Waals surface area contributed by atoms with E-state index >= 15 is 0 Å². The number of allylic oxidation sites excluding steroid dienone is 4. The fourth-order valence-electron chi connectivity index (χ4n) is 10.4. The number of phosphoric acid groups is 2. The van der Waals surface area contributed by atoms with Crippen LogP contribution in [0.3, 0.4) is 0 Å². The molecule has 0 heterocycles. The number of aliphatic hydroxyl groups is 1. The first-order valence-corrected chi connectivity index (χ1v) is 39.8. The third-order valence-electron chi connectivity index (χ3n) is 16.1. The second-order valence-electron chi connectivity index (χ2n) is 26.2. The minimum atomic E-state index is -4.96. The molecule has 0 fully saturated rings. The van der Waals surface area contributed by atoms with Crippen molar-refractivity contribution in [2.45, 2.75) is 362 Å².